The molecule has 0 radical (unpaired) electrons. The lowest BCUT2D eigenvalue weighted by molar-refractivity contribution is 0.303. The molecule has 3 nitrogen and oxygen atoms in total. The minimum atomic E-state index is -0.353. The van der Waals surface area contributed by atoms with E-state index in [1.54, 1.807) is 17.8 Å². The van der Waals surface area contributed by atoms with Crippen LogP contribution in [0.5, 0.6) is 5.75 Å². The predicted octanol–water partition coefficient (Wildman–Crippen LogP) is 3.86. The third-order valence-electron chi connectivity index (χ3n) is 2.49. The highest BCUT2D eigenvalue weighted by Crippen LogP contribution is 2.24. The quantitative estimate of drug-likeness (QED) is 0.853. The van der Waals surface area contributed by atoms with E-state index in [4.69, 9.17) is 16.3 Å². The molecule has 0 spiro atoms. The molecule has 0 saturated carbocycles. The number of rotatable bonds is 3. The number of aromatic nitrogens is 2. The molecule has 0 bridgehead atoms. The lowest BCUT2D eigenvalue weighted by Gasteiger charge is -2.06. The first-order chi connectivity index (χ1) is 8.47. The van der Waals surface area contributed by atoms with E-state index in [0.29, 0.717) is 15.4 Å². The molecule has 2 rings (SSSR count). The summed E-state index contributed by atoms with van der Waals surface area (Å²) in [5.41, 5.74) is 1.61. The molecular weight excluding hydrogens is 322 g/mol. The topological polar surface area (TPSA) is 27.1 Å². The maximum Gasteiger partial charge on any atom is 0.133 e. The number of nitrogens with zero attached hydrogens (tertiary/aromatic N) is 2. The van der Waals surface area contributed by atoms with E-state index in [1.165, 1.54) is 12.1 Å². The van der Waals surface area contributed by atoms with Crippen molar-refractivity contribution in [2.24, 2.45) is 7.05 Å². The summed E-state index contributed by atoms with van der Waals surface area (Å²) in [6.45, 7) is 2.11. The first-order valence-corrected chi connectivity index (χ1v) is 6.41. The molecule has 18 heavy (non-hydrogen) atoms. The molecule has 1 aromatic heterocycles. The van der Waals surface area contributed by atoms with E-state index >= 15 is 0 Å². The highest BCUT2D eigenvalue weighted by molar-refractivity contribution is 9.10. The van der Waals surface area contributed by atoms with Gasteiger partial charge in [0.1, 0.15) is 23.3 Å². The number of benzene rings is 1. The fourth-order valence-corrected chi connectivity index (χ4v) is 2.28. The molecule has 0 aliphatic carbocycles. The summed E-state index contributed by atoms with van der Waals surface area (Å²) in [6, 6.07) is 4.39. The Hall–Kier alpha value is -1.07. The standard InChI is InChI=1S/C12H11BrClFN2O/c1-7-11(12(14)17(2)16-7)6-18-10-4-8(13)3-9(15)5-10/h3-5H,6H2,1-2H3. The number of ether oxygens (including phenoxy) is 1. The molecule has 0 fully saturated rings. The fourth-order valence-electron chi connectivity index (χ4n) is 1.61. The zero-order valence-corrected chi connectivity index (χ0v) is 12.2. The van der Waals surface area contributed by atoms with E-state index < -0.39 is 0 Å². The maximum absolute atomic E-state index is 13.2. The molecule has 0 N–H and O–H groups in total. The number of hydrogen-bond acceptors (Lipinski definition) is 2. The summed E-state index contributed by atoms with van der Waals surface area (Å²) < 4.78 is 20.9. The lowest BCUT2D eigenvalue weighted by atomic mass is 10.3. The molecule has 0 saturated heterocycles. The number of halogens is 3. The second-order valence-corrected chi connectivity index (χ2v) is 5.15. The van der Waals surface area contributed by atoms with Crippen LogP contribution in [0.25, 0.3) is 0 Å². The molecule has 0 atom stereocenters. The van der Waals surface area contributed by atoms with Crippen molar-refractivity contribution >= 4 is 27.5 Å². The Balaban J connectivity index is 2.16. The van der Waals surface area contributed by atoms with Crippen molar-refractivity contribution in [1.82, 2.24) is 9.78 Å². The van der Waals surface area contributed by atoms with Crippen LogP contribution in [0.4, 0.5) is 4.39 Å². The first-order valence-electron chi connectivity index (χ1n) is 5.24. The van der Waals surface area contributed by atoms with Crippen LogP contribution < -0.4 is 4.74 Å². The van der Waals surface area contributed by atoms with Crippen molar-refractivity contribution in [3.8, 4) is 5.75 Å². The van der Waals surface area contributed by atoms with Crippen LogP contribution >= 0.6 is 27.5 Å². The molecule has 0 aliphatic heterocycles. The Morgan fingerprint density at radius 1 is 1.44 bits per heavy atom. The maximum atomic E-state index is 13.2. The van der Waals surface area contributed by atoms with Crippen LogP contribution in [0.1, 0.15) is 11.3 Å². The largest absolute Gasteiger partial charge is 0.489 e. The minimum absolute atomic E-state index is 0.258. The van der Waals surface area contributed by atoms with E-state index in [-0.39, 0.29) is 12.4 Å². The number of aryl methyl sites for hydroxylation is 2. The average molecular weight is 334 g/mol. The normalized spacial score (nSPS) is 10.7. The lowest BCUT2D eigenvalue weighted by Crippen LogP contribution is -1.97. The molecular formula is C12H11BrClFN2O. The molecule has 0 aliphatic rings. The Kier molecular flexibility index (Phi) is 3.92. The van der Waals surface area contributed by atoms with Gasteiger partial charge in [0.15, 0.2) is 0 Å². The van der Waals surface area contributed by atoms with Crippen molar-refractivity contribution in [1.29, 1.82) is 0 Å². The molecule has 1 heterocycles. The summed E-state index contributed by atoms with van der Waals surface area (Å²) in [4.78, 5) is 0. The van der Waals surface area contributed by atoms with E-state index in [2.05, 4.69) is 21.0 Å². The van der Waals surface area contributed by atoms with Crippen molar-refractivity contribution < 1.29 is 9.13 Å². The van der Waals surface area contributed by atoms with Crippen molar-refractivity contribution in [2.75, 3.05) is 0 Å². The predicted molar refractivity (Wildman–Crippen MR) is 71.4 cm³/mol. The molecule has 2 aromatic rings. The van der Waals surface area contributed by atoms with Crippen LogP contribution in [-0.4, -0.2) is 9.78 Å². The second kappa shape index (κ2) is 5.28. The first kappa shape index (κ1) is 13.4. The van der Waals surface area contributed by atoms with Gasteiger partial charge in [0, 0.05) is 23.2 Å². The zero-order valence-electron chi connectivity index (χ0n) is 9.88. The molecule has 0 amide bonds. The molecule has 0 unspecified atom stereocenters. The third kappa shape index (κ3) is 2.84. The second-order valence-electron chi connectivity index (χ2n) is 3.87. The zero-order chi connectivity index (χ0) is 13.3. The van der Waals surface area contributed by atoms with Gasteiger partial charge in [0.05, 0.1) is 5.69 Å². The van der Waals surface area contributed by atoms with Crippen molar-refractivity contribution in [2.45, 2.75) is 13.5 Å². The monoisotopic (exact) mass is 332 g/mol. The SMILES string of the molecule is Cc1nn(C)c(Cl)c1COc1cc(F)cc(Br)c1. The summed E-state index contributed by atoms with van der Waals surface area (Å²) in [7, 11) is 1.76. The summed E-state index contributed by atoms with van der Waals surface area (Å²) in [6.07, 6.45) is 0. The van der Waals surface area contributed by atoms with Gasteiger partial charge in [-0.25, -0.2) is 4.39 Å². The third-order valence-corrected chi connectivity index (χ3v) is 3.42. The highest BCUT2D eigenvalue weighted by Gasteiger charge is 2.12. The van der Waals surface area contributed by atoms with Gasteiger partial charge in [-0.05, 0) is 19.1 Å². The van der Waals surface area contributed by atoms with Gasteiger partial charge in [0.25, 0.3) is 0 Å². The summed E-state index contributed by atoms with van der Waals surface area (Å²) in [5, 5.41) is 4.71. The Bertz CT molecular complexity index is 565. The Morgan fingerprint density at radius 3 is 2.72 bits per heavy atom. The van der Waals surface area contributed by atoms with E-state index in [9.17, 15) is 4.39 Å². The van der Waals surface area contributed by atoms with Crippen LogP contribution in [0.15, 0.2) is 22.7 Å². The van der Waals surface area contributed by atoms with Gasteiger partial charge in [-0.3, -0.25) is 4.68 Å². The van der Waals surface area contributed by atoms with Crippen molar-refractivity contribution in [3.05, 3.63) is 44.9 Å². The van der Waals surface area contributed by atoms with Gasteiger partial charge in [-0.15, -0.1) is 0 Å². The minimum Gasteiger partial charge on any atom is -0.489 e. The van der Waals surface area contributed by atoms with E-state index in [0.717, 1.165) is 11.3 Å². The van der Waals surface area contributed by atoms with Crippen LogP contribution in [0.2, 0.25) is 5.15 Å². The van der Waals surface area contributed by atoms with Gasteiger partial charge in [-0.2, -0.15) is 5.10 Å². The van der Waals surface area contributed by atoms with E-state index in [1.807, 2.05) is 6.92 Å². The van der Waals surface area contributed by atoms with Gasteiger partial charge in [-0.1, -0.05) is 27.5 Å². The van der Waals surface area contributed by atoms with Crippen LogP contribution in [0, 0.1) is 12.7 Å². The average Bonchev–Trinajstić information content (AvgIpc) is 2.50. The fraction of sp³-hybridized carbons (Fsp3) is 0.250. The smallest absolute Gasteiger partial charge is 0.133 e. The van der Waals surface area contributed by atoms with Gasteiger partial charge in [0.2, 0.25) is 0 Å². The summed E-state index contributed by atoms with van der Waals surface area (Å²) in [5.74, 6) is 0.0922. The van der Waals surface area contributed by atoms with Crippen LogP contribution in [-0.2, 0) is 13.7 Å². The van der Waals surface area contributed by atoms with Gasteiger partial charge < -0.3 is 4.74 Å². The van der Waals surface area contributed by atoms with Crippen LogP contribution in [0.3, 0.4) is 0 Å². The Labute approximate surface area is 118 Å². The van der Waals surface area contributed by atoms with Gasteiger partial charge >= 0.3 is 0 Å². The molecule has 96 valence electrons. The summed E-state index contributed by atoms with van der Waals surface area (Å²) >= 11 is 9.29. The molecule has 6 heteroatoms. The Morgan fingerprint density at radius 2 is 2.17 bits per heavy atom. The van der Waals surface area contributed by atoms with Crippen molar-refractivity contribution in [3.63, 3.8) is 0 Å². The highest BCUT2D eigenvalue weighted by atomic mass is 79.9. The molecule has 1 aromatic carbocycles. The number of hydrogen-bond donors (Lipinski definition) is 0.